The number of rotatable bonds is 3. The van der Waals surface area contributed by atoms with E-state index in [0.717, 1.165) is 31.8 Å². The number of amides is 2. The Bertz CT molecular complexity index is 279. The monoisotopic (exact) mass is 267 g/mol. The molecular formula is C15H29N3O. The molecule has 1 aliphatic heterocycles. The summed E-state index contributed by atoms with van der Waals surface area (Å²) in [6.07, 6.45) is 10.5. The zero-order chi connectivity index (χ0) is 13.7. The molecule has 2 aliphatic rings. The average molecular weight is 267 g/mol. The van der Waals surface area contributed by atoms with Crippen molar-refractivity contribution in [3.05, 3.63) is 0 Å². The first-order valence-electron chi connectivity index (χ1n) is 7.97. The number of piperidine rings is 1. The minimum absolute atomic E-state index is 0.268. The third-order valence-electron chi connectivity index (χ3n) is 4.91. The summed E-state index contributed by atoms with van der Waals surface area (Å²) in [5, 5.41) is 3.80. The van der Waals surface area contributed by atoms with Crippen molar-refractivity contribution in [3.8, 4) is 0 Å². The van der Waals surface area contributed by atoms with Crippen molar-refractivity contribution < 1.29 is 4.79 Å². The number of carbonyl (C=O) groups is 1. The highest BCUT2D eigenvalue weighted by Crippen LogP contribution is 2.26. The van der Waals surface area contributed by atoms with E-state index in [1.54, 1.807) is 4.90 Å². The van der Waals surface area contributed by atoms with E-state index in [1.165, 1.54) is 38.5 Å². The molecule has 1 saturated heterocycles. The number of hydrogen-bond acceptors (Lipinski definition) is 2. The van der Waals surface area contributed by atoms with Gasteiger partial charge in [0.1, 0.15) is 0 Å². The Morgan fingerprint density at radius 3 is 2.21 bits per heavy atom. The Kier molecular flexibility index (Phi) is 5.49. The van der Waals surface area contributed by atoms with Crippen LogP contribution in [0, 0.1) is 5.92 Å². The predicted octanol–water partition coefficient (Wildman–Crippen LogP) is 2.48. The van der Waals surface area contributed by atoms with Crippen molar-refractivity contribution in [1.82, 2.24) is 10.2 Å². The maximum Gasteiger partial charge on any atom is 0.314 e. The maximum atomic E-state index is 11.1. The molecule has 0 aromatic carbocycles. The highest BCUT2D eigenvalue weighted by molar-refractivity contribution is 5.72. The number of hydrogen-bond donors (Lipinski definition) is 2. The summed E-state index contributed by atoms with van der Waals surface area (Å²) in [7, 11) is 0. The molecule has 1 heterocycles. The minimum atomic E-state index is -0.268. The fourth-order valence-corrected chi connectivity index (χ4v) is 3.59. The van der Waals surface area contributed by atoms with Gasteiger partial charge in [-0.25, -0.2) is 4.79 Å². The molecule has 1 saturated carbocycles. The van der Waals surface area contributed by atoms with Crippen LogP contribution in [0.2, 0.25) is 0 Å². The number of nitrogens with two attached hydrogens (primary N) is 1. The second kappa shape index (κ2) is 7.13. The summed E-state index contributed by atoms with van der Waals surface area (Å²) < 4.78 is 0. The van der Waals surface area contributed by atoms with Gasteiger partial charge in [-0.15, -0.1) is 0 Å². The number of nitrogens with one attached hydrogen (secondary N) is 1. The lowest BCUT2D eigenvalue weighted by atomic mass is 9.91. The second-order valence-electron chi connectivity index (χ2n) is 6.31. The molecule has 2 rings (SSSR count). The van der Waals surface area contributed by atoms with Gasteiger partial charge in [0.2, 0.25) is 0 Å². The maximum absolute atomic E-state index is 11.1. The van der Waals surface area contributed by atoms with E-state index < -0.39 is 0 Å². The summed E-state index contributed by atoms with van der Waals surface area (Å²) in [5.41, 5.74) is 5.31. The van der Waals surface area contributed by atoms with E-state index in [-0.39, 0.29) is 6.03 Å². The second-order valence-corrected chi connectivity index (χ2v) is 6.31. The Labute approximate surface area is 117 Å². The summed E-state index contributed by atoms with van der Waals surface area (Å²) in [6, 6.07) is 0.910. The molecule has 0 spiro atoms. The Morgan fingerprint density at radius 1 is 1.11 bits per heavy atom. The van der Waals surface area contributed by atoms with Crippen molar-refractivity contribution in [3.63, 3.8) is 0 Å². The van der Waals surface area contributed by atoms with Crippen LogP contribution in [0.3, 0.4) is 0 Å². The van der Waals surface area contributed by atoms with Crippen LogP contribution in [-0.4, -0.2) is 36.1 Å². The fourth-order valence-electron chi connectivity index (χ4n) is 3.59. The van der Waals surface area contributed by atoms with Gasteiger partial charge in [0, 0.05) is 25.2 Å². The van der Waals surface area contributed by atoms with Crippen LogP contribution in [-0.2, 0) is 0 Å². The molecule has 0 aromatic rings. The number of likely N-dealkylation sites (tertiary alicyclic amines) is 1. The number of urea groups is 1. The first-order valence-corrected chi connectivity index (χ1v) is 7.97. The first kappa shape index (κ1) is 14.6. The van der Waals surface area contributed by atoms with Crippen molar-refractivity contribution in [2.75, 3.05) is 13.1 Å². The van der Waals surface area contributed by atoms with Gasteiger partial charge in [-0.3, -0.25) is 0 Å². The molecule has 0 aromatic heterocycles. The molecule has 19 heavy (non-hydrogen) atoms. The molecule has 0 bridgehead atoms. The molecule has 0 unspecified atom stereocenters. The first-order chi connectivity index (χ1) is 9.16. The van der Waals surface area contributed by atoms with Gasteiger partial charge >= 0.3 is 6.03 Å². The molecule has 1 atom stereocenters. The number of primary amides is 1. The van der Waals surface area contributed by atoms with Gasteiger partial charge in [0.25, 0.3) is 0 Å². The normalized spacial score (nSPS) is 25.0. The van der Waals surface area contributed by atoms with E-state index in [9.17, 15) is 4.79 Å². The predicted molar refractivity (Wildman–Crippen MR) is 78.0 cm³/mol. The molecule has 110 valence electrons. The highest BCUT2D eigenvalue weighted by atomic mass is 16.2. The van der Waals surface area contributed by atoms with Crippen LogP contribution in [0.25, 0.3) is 0 Å². The number of carbonyl (C=O) groups excluding carboxylic acids is 1. The van der Waals surface area contributed by atoms with E-state index in [1.807, 2.05) is 0 Å². The van der Waals surface area contributed by atoms with E-state index in [4.69, 9.17) is 5.73 Å². The average Bonchev–Trinajstić information content (AvgIpc) is 2.68. The van der Waals surface area contributed by atoms with Gasteiger partial charge in [-0.1, -0.05) is 25.7 Å². The standard InChI is InChI=1S/C15H29N3O/c1-12(13-6-4-2-3-5-7-13)17-14-8-10-18(11-9-14)15(16)19/h12-14,17H,2-11H2,1H3,(H2,16,19)/t12-/m0/s1. The smallest absolute Gasteiger partial charge is 0.314 e. The summed E-state index contributed by atoms with van der Waals surface area (Å²) in [4.78, 5) is 12.9. The topological polar surface area (TPSA) is 58.4 Å². The molecular weight excluding hydrogens is 238 g/mol. The van der Waals surface area contributed by atoms with Crippen LogP contribution in [0.5, 0.6) is 0 Å². The van der Waals surface area contributed by atoms with Crippen molar-refractivity contribution in [1.29, 1.82) is 0 Å². The molecule has 3 N–H and O–H groups in total. The molecule has 0 radical (unpaired) electrons. The molecule has 2 amide bonds. The lowest BCUT2D eigenvalue weighted by Gasteiger charge is -2.35. The summed E-state index contributed by atoms with van der Waals surface area (Å²) in [6.45, 7) is 3.96. The SMILES string of the molecule is C[C@H](NC1CCN(C(N)=O)CC1)C1CCCCCC1. The van der Waals surface area contributed by atoms with Crippen molar-refractivity contribution in [2.24, 2.45) is 11.7 Å². The van der Waals surface area contributed by atoms with Crippen molar-refractivity contribution in [2.45, 2.75) is 70.4 Å². The van der Waals surface area contributed by atoms with Crippen LogP contribution >= 0.6 is 0 Å². The van der Waals surface area contributed by atoms with Crippen LogP contribution in [0.4, 0.5) is 4.79 Å². The zero-order valence-corrected chi connectivity index (χ0v) is 12.2. The lowest BCUT2D eigenvalue weighted by Crippen LogP contribution is -2.49. The quantitative estimate of drug-likeness (QED) is 0.772. The Hall–Kier alpha value is -0.770. The van der Waals surface area contributed by atoms with Crippen LogP contribution in [0.1, 0.15) is 58.3 Å². The van der Waals surface area contributed by atoms with Crippen molar-refractivity contribution >= 4 is 6.03 Å². The minimum Gasteiger partial charge on any atom is -0.351 e. The highest BCUT2D eigenvalue weighted by Gasteiger charge is 2.25. The summed E-state index contributed by atoms with van der Waals surface area (Å²) >= 11 is 0. The van der Waals surface area contributed by atoms with Crippen LogP contribution in [0.15, 0.2) is 0 Å². The third kappa shape index (κ3) is 4.37. The molecule has 4 heteroatoms. The van der Waals surface area contributed by atoms with Gasteiger partial charge in [-0.2, -0.15) is 0 Å². The molecule has 1 aliphatic carbocycles. The van der Waals surface area contributed by atoms with Gasteiger partial charge in [0.15, 0.2) is 0 Å². The fraction of sp³-hybridized carbons (Fsp3) is 0.933. The van der Waals surface area contributed by atoms with Gasteiger partial charge in [0.05, 0.1) is 0 Å². The molecule has 2 fully saturated rings. The van der Waals surface area contributed by atoms with E-state index >= 15 is 0 Å². The van der Waals surface area contributed by atoms with Gasteiger partial charge in [-0.05, 0) is 38.5 Å². The third-order valence-corrected chi connectivity index (χ3v) is 4.91. The largest absolute Gasteiger partial charge is 0.351 e. The lowest BCUT2D eigenvalue weighted by molar-refractivity contribution is 0.178. The van der Waals surface area contributed by atoms with E-state index in [0.29, 0.717) is 12.1 Å². The van der Waals surface area contributed by atoms with E-state index in [2.05, 4.69) is 12.2 Å². The Balaban J connectivity index is 1.73. The zero-order valence-electron chi connectivity index (χ0n) is 12.2. The molecule has 4 nitrogen and oxygen atoms in total. The van der Waals surface area contributed by atoms with Gasteiger partial charge < -0.3 is 16.0 Å². The summed E-state index contributed by atoms with van der Waals surface area (Å²) in [5.74, 6) is 0.844. The Morgan fingerprint density at radius 2 is 1.68 bits per heavy atom. The number of nitrogens with zero attached hydrogens (tertiary/aromatic N) is 1. The van der Waals surface area contributed by atoms with Crippen LogP contribution < -0.4 is 11.1 Å².